The monoisotopic (exact) mass is 388 g/mol. The first-order valence-electron chi connectivity index (χ1n) is 8.08. The lowest BCUT2D eigenvalue weighted by Gasteiger charge is -2.11. The molecule has 0 spiro atoms. The Morgan fingerprint density at radius 3 is 2.44 bits per heavy atom. The van der Waals surface area contributed by atoms with Crippen molar-refractivity contribution in [3.05, 3.63) is 54.5 Å². The largest absolute Gasteiger partial charge is 0.493 e. The van der Waals surface area contributed by atoms with E-state index < -0.39 is 10.0 Å². The molecule has 9 heteroatoms. The number of ether oxygens (including phenoxy) is 2. The molecule has 0 aliphatic heterocycles. The van der Waals surface area contributed by atoms with Crippen LogP contribution in [-0.2, 0) is 23.6 Å². The van der Waals surface area contributed by atoms with E-state index in [1.165, 1.54) is 26.4 Å². The second-order valence-electron chi connectivity index (χ2n) is 5.80. The molecule has 142 valence electrons. The zero-order chi connectivity index (χ0) is 19.4. The Kier molecular flexibility index (Phi) is 5.43. The Hall–Kier alpha value is -2.91. The van der Waals surface area contributed by atoms with Crippen LogP contribution in [0.1, 0.15) is 5.56 Å². The maximum atomic E-state index is 12.5. The zero-order valence-electron chi connectivity index (χ0n) is 15.2. The molecule has 0 atom stereocenters. The van der Waals surface area contributed by atoms with Crippen molar-refractivity contribution >= 4 is 10.0 Å². The highest BCUT2D eigenvalue weighted by Crippen LogP contribution is 2.29. The fourth-order valence-electron chi connectivity index (χ4n) is 2.50. The van der Waals surface area contributed by atoms with Crippen molar-refractivity contribution < 1.29 is 17.9 Å². The van der Waals surface area contributed by atoms with Crippen LogP contribution in [0.25, 0.3) is 11.3 Å². The van der Waals surface area contributed by atoms with Crippen LogP contribution >= 0.6 is 0 Å². The van der Waals surface area contributed by atoms with E-state index in [4.69, 9.17) is 9.47 Å². The van der Waals surface area contributed by atoms with Crippen LogP contribution in [0.2, 0.25) is 0 Å². The van der Waals surface area contributed by atoms with Gasteiger partial charge in [0, 0.05) is 37.6 Å². The fraction of sp³-hybridized carbons (Fsp3) is 0.222. The molecule has 2 heterocycles. The van der Waals surface area contributed by atoms with Gasteiger partial charge < -0.3 is 9.47 Å². The second kappa shape index (κ2) is 7.77. The molecular formula is C18H20N4O4S. The van der Waals surface area contributed by atoms with Crippen LogP contribution < -0.4 is 14.2 Å². The Bertz CT molecular complexity index is 1030. The van der Waals surface area contributed by atoms with Crippen molar-refractivity contribution in [2.24, 2.45) is 7.05 Å². The molecule has 2 aromatic heterocycles. The molecule has 0 radical (unpaired) electrons. The number of aryl methyl sites for hydroxylation is 1. The molecule has 0 fully saturated rings. The van der Waals surface area contributed by atoms with Crippen LogP contribution in [-0.4, -0.2) is 37.4 Å². The maximum absolute atomic E-state index is 12.5. The number of methoxy groups -OCH3 is 2. The lowest BCUT2D eigenvalue weighted by molar-refractivity contribution is 0.354. The van der Waals surface area contributed by atoms with Crippen molar-refractivity contribution in [3.63, 3.8) is 0 Å². The Labute approximate surface area is 157 Å². The molecule has 27 heavy (non-hydrogen) atoms. The van der Waals surface area contributed by atoms with E-state index in [1.807, 2.05) is 25.4 Å². The molecule has 0 bridgehead atoms. The van der Waals surface area contributed by atoms with Gasteiger partial charge in [0.05, 0.1) is 31.0 Å². The van der Waals surface area contributed by atoms with Crippen molar-refractivity contribution in [1.29, 1.82) is 0 Å². The first-order chi connectivity index (χ1) is 12.9. The van der Waals surface area contributed by atoms with Gasteiger partial charge in [0.2, 0.25) is 10.0 Å². The molecule has 0 aliphatic rings. The number of pyridine rings is 1. The lowest BCUT2D eigenvalue weighted by atomic mass is 10.2. The highest BCUT2D eigenvalue weighted by molar-refractivity contribution is 7.89. The third-order valence-corrected chi connectivity index (χ3v) is 5.36. The quantitative estimate of drug-likeness (QED) is 0.665. The first-order valence-corrected chi connectivity index (χ1v) is 9.57. The highest BCUT2D eigenvalue weighted by Gasteiger charge is 2.17. The summed E-state index contributed by atoms with van der Waals surface area (Å²) in [5.41, 5.74) is 2.41. The van der Waals surface area contributed by atoms with E-state index in [0.29, 0.717) is 11.5 Å². The molecule has 1 N–H and O–H groups in total. The third kappa shape index (κ3) is 4.26. The summed E-state index contributed by atoms with van der Waals surface area (Å²) in [5.74, 6) is 0.814. The number of nitrogens with one attached hydrogen (secondary N) is 1. The summed E-state index contributed by atoms with van der Waals surface area (Å²) >= 11 is 0. The molecule has 0 saturated heterocycles. The van der Waals surface area contributed by atoms with E-state index in [9.17, 15) is 8.42 Å². The average Bonchev–Trinajstić information content (AvgIpc) is 3.12. The molecule has 0 amide bonds. The average molecular weight is 388 g/mol. The number of sulfonamides is 1. The van der Waals surface area contributed by atoms with Crippen molar-refractivity contribution in [1.82, 2.24) is 19.5 Å². The minimum Gasteiger partial charge on any atom is -0.493 e. The number of benzene rings is 1. The number of nitrogens with zero attached hydrogens (tertiary/aromatic N) is 3. The van der Waals surface area contributed by atoms with E-state index >= 15 is 0 Å². The van der Waals surface area contributed by atoms with Crippen LogP contribution in [0.5, 0.6) is 11.5 Å². The van der Waals surface area contributed by atoms with Crippen LogP contribution in [0.15, 0.2) is 53.8 Å². The second-order valence-corrected chi connectivity index (χ2v) is 7.56. The molecule has 3 rings (SSSR count). The van der Waals surface area contributed by atoms with E-state index in [1.54, 1.807) is 23.1 Å². The Morgan fingerprint density at radius 1 is 1.07 bits per heavy atom. The molecule has 0 saturated carbocycles. The normalized spacial score (nSPS) is 11.4. The fourth-order valence-corrected chi connectivity index (χ4v) is 3.53. The van der Waals surface area contributed by atoms with Gasteiger partial charge in [-0.05, 0) is 23.8 Å². The summed E-state index contributed by atoms with van der Waals surface area (Å²) in [6.45, 7) is 0.122. The molecule has 0 aliphatic carbocycles. The summed E-state index contributed by atoms with van der Waals surface area (Å²) in [5, 5.41) is 4.11. The van der Waals surface area contributed by atoms with Gasteiger partial charge in [0.15, 0.2) is 11.5 Å². The summed E-state index contributed by atoms with van der Waals surface area (Å²) < 4.78 is 39.6. The predicted octanol–water partition coefficient (Wildman–Crippen LogP) is 1.98. The van der Waals surface area contributed by atoms with Crippen molar-refractivity contribution in [2.75, 3.05) is 14.2 Å². The third-order valence-electron chi connectivity index (χ3n) is 3.96. The van der Waals surface area contributed by atoms with E-state index in [0.717, 1.165) is 16.8 Å². The van der Waals surface area contributed by atoms with Gasteiger partial charge in [-0.25, -0.2) is 13.1 Å². The first kappa shape index (κ1) is 18.9. The van der Waals surface area contributed by atoms with Gasteiger partial charge in [0.1, 0.15) is 0 Å². The molecular weight excluding hydrogens is 368 g/mol. The minimum absolute atomic E-state index is 0.0973. The summed E-state index contributed by atoms with van der Waals surface area (Å²) in [4.78, 5) is 4.46. The minimum atomic E-state index is -3.70. The molecule has 8 nitrogen and oxygen atoms in total. The number of hydrogen-bond acceptors (Lipinski definition) is 6. The van der Waals surface area contributed by atoms with Crippen LogP contribution in [0.4, 0.5) is 0 Å². The smallest absolute Gasteiger partial charge is 0.241 e. The van der Waals surface area contributed by atoms with Gasteiger partial charge in [-0.3, -0.25) is 9.67 Å². The maximum Gasteiger partial charge on any atom is 0.241 e. The number of rotatable bonds is 7. The van der Waals surface area contributed by atoms with Crippen molar-refractivity contribution in [2.45, 2.75) is 11.4 Å². The van der Waals surface area contributed by atoms with Gasteiger partial charge in [-0.2, -0.15) is 5.10 Å². The number of hydrogen-bond donors (Lipinski definition) is 1. The zero-order valence-corrected chi connectivity index (χ0v) is 16.0. The summed E-state index contributed by atoms with van der Waals surface area (Å²) in [6, 6.07) is 8.10. The lowest BCUT2D eigenvalue weighted by Crippen LogP contribution is -2.23. The van der Waals surface area contributed by atoms with E-state index in [-0.39, 0.29) is 11.4 Å². The molecule has 3 aromatic rings. The van der Waals surface area contributed by atoms with E-state index in [2.05, 4.69) is 14.8 Å². The topological polar surface area (TPSA) is 95.3 Å². The van der Waals surface area contributed by atoms with Gasteiger partial charge in [-0.15, -0.1) is 0 Å². The number of aromatic nitrogens is 3. The molecule has 0 unspecified atom stereocenters. The van der Waals surface area contributed by atoms with Gasteiger partial charge in [0.25, 0.3) is 0 Å². The van der Waals surface area contributed by atoms with Gasteiger partial charge in [-0.1, -0.05) is 6.07 Å². The standard InChI is InChI=1S/C18H20N4O4S/c1-22-12-14(11-20-22)16-6-4-13(9-19-16)10-21-27(23,24)15-5-7-17(25-2)18(8-15)26-3/h4-9,11-12,21H,10H2,1-3H3. The molecule has 1 aromatic carbocycles. The Balaban J connectivity index is 1.72. The SMILES string of the molecule is COc1ccc(S(=O)(=O)NCc2ccc(-c3cnn(C)c3)nc2)cc1OC. The van der Waals surface area contributed by atoms with Crippen molar-refractivity contribution in [3.8, 4) is 22.8 Å². The van der Waals surface area contributed by atoms with Gasteiger partial charge >= 0.3 is 0 Å². The van der Waals surface area contributed by atoms with Crippen LogP contribution in [0, 0.1) is 0 Å². The Morgan fingerprint density at radius 2 is 1.85 bits per heavy atom. The van der Waals surface area contributed by atoms with Crippen LogP contribution in [0.3, 0.4) is 0 Å². The summed E-state index contributed by atoms with van der Waals surface area (Å²) in [6.07, 6.45) is 5.23. The highest BCUT2D eigenvalue weighted by atomic mass is 32.2. The summed E-state index contributed by atoms with van der Waals surface area (Å²) in [7, 11) is 1.08. The predicted molar refractivity (Wildman–Crippen MR) is 100 cm³/mol.